The van der Waals surface area contributed by atoms with Gasteiger partial charge in [-0.05, 0) is 37.9 Å². The summed E-state index contributed by atoms with van der Waals surface area (Å²) in [5.74, 6) is 1.22. The Bertz CT molecular complexity index is 109. The highest BCUT2D eigenvalue weighted by Gasteiger charge is 2.13. The number of thioether (sulfide) groups is 1. The molecule has 80 valence electrons. The van der Waals surface area contributed by atoms with E-state index in [4.69, 9.17) is 5.73 Å². The van der Waals surface area contributed by atoms with Crippen molar-refractivity contribution in [3.63, 3.8) is 0 Å². The van der Waals surface area contributed by atoms with Gasteiger partial charge in [0.05, 0.1) is 0 Å². The minimum absolute atomic E-state index is 0.595. The maximum atomic E-state index is 5.77. The van der Waals surface area contributed by atoms with Crippen LogP contribution in [0.3, 0.4) is 0 Å². The lowest BCUT2D eigenvalue weighted by molar-refractivity contribution is 0.207. The van der Waals surface area contributed by atoms with Crippen LogP contribution in [0.5, 0.6) is 0 Å². The smallest absolute Gasteiger partial charge is 0.0226 e. The molecule has 0 saturated carbocycles. The second kappa shape index (κ2) is 8.85. The van der Waals surface area contributed by atoms with Gasteiger partial charge in [-0.3, -0.25) is 4.90 Å². The van der Waals surface area contributed by atoms with Crippen LogP contribution in [0, 0.1) is 0 Å². The Kier molecular flexibility index (Phi) is 9.03. The van der Waals surface area contributed by atoms with Gasteiger partial charge < -0.3 is 5.73 Å². The third-order valence-electron chi connectivity index (χ3n) is 2.36. The van der Waals surface area contributed by atoms with Gasteiger partial charge in [0.1, 0.15) is 0 Å². The standard InChI is InChI=1S/C10H24N2S/c1-4-7-12(5-2)10(9-11)6-8-13-3/h10H,4-9,11H2,1-3H3. The molecule has 0 heterocycles. The van der Waals surface area contributed by atoms with Crippen molar-refractivity contribution in [3.05, 3.63) is 0 Å². The molecule has 13 heavy (non-hydrogen) atoms. The van der Waals surface area contributed by atoms with E-state index in [2.05, 4.69) is 25.0 Å². The first-order valence-electron chi connectivity index (χ1n) is 5.23. The fourth-order valence-corrected chi connectivity index (χ4v) is 2.10. The molecular formula is C10H24N2S. The lowest BCUT2D eigenvalue weighted by Gasteiger charge is -2.29. The average molecular weight is 204 g/mol. The maximum absolute atomic E-state index is 5.77. The van der Waals surface area contributed by atoms with E-state index >= 15 is 0 Å². The van der Waals surface area contributed by atoms with Crippen molar-refractivity contribution in [3.8, 4) is 0 Å². The summed E-state index contributed by atoms with van der Waals surface area (Å²) < 4.78 is 0. The van der Waals surface area contributed by atoms with Crippen molar-refractivity contribution in [1.29, 1.82) is 0 Å². The van der Waals surface area contributed by atoms with Crippen LogP contribution in [0.2, 0.25) is 0 Å². The van der Waals surface area contributed by atoms with Gasteiger partial charge in [0.25, 0.3) is 0 Å². The molecule has 0 aliphatic heterocycles. The van der Waals surface area contributed by atoms with Crippen molar-refractivity contribution in [1.82, 2.24) is 4.90 Å². The Balaban J connectivity index is 3.84. The van der Waals surface area contributed by atoms with Crippen molar-refractivity contribution < 1.29 is 0 Å². The Morgan fingerprint density at radius 1 is 1.38 bits per heavy atom. The van der Waals surface area contributed by atoms with E-state index in [1.807, 2.05) is 11.8 Å². The largest absolute Gasteiger partial charge is 0.329 e. The highest BCUT2D eigenvalue weighted by atomic mass is 32.2. The molecule has 0 spiro atoms. The summed E-state index contributed by atoms with van der Waals surface area (Å²) in [6.07, 6.45) is 4.61. The molecule has 0 aromatic rings. The molecule has 0 aromatic heterocycles. The normalized spacial score (nSPS) is 13.6. The van der Waals surface area contributed by atoms with Gasteiger partial charge >= 0.3 is 0 Å². The maximum Gasteiger partial charge on any atom is 0.0226 e. The first-order valence-corrected chi connectivity index (χ1v) is 6.62. The molecule has 0 fully saturated rings. The second-order valence-corrected chi connectivity index (χ2v) is 4.29. The zero-order valence-electron chi connectivity index (χ0n) is 9.25. The molecule has 3 heteroatoms. The topological polar surface area (TPSA) is 29.3 Å². The number of hydrogen-bond acceptors (Lipinski definition) is 3. The first-order chi connectivity index (χ1) is 6.29. The monoisotopic (exact) mass is 204 g/mol. The molecule has 2 nitrogen and oxygen atoms in total. The van der Waals surface area contributed by atoms with Gasteiger partial charge in [-0.25, -0.2) is 0 Å². The molecule has 1 atom stereocenters. The van der Waals surface area contributed by atoms with Crippen LogP contribution in [0.25, 0.3) is 0 Å². The summed E-state index contributed by atoms with van der Waals surface area (Å²) in [7, 11) is 0. The summed E-state index contributed by atoms with van der Waals surface area (Å²) in [4.78, 5) is 2.50. The van der Waals surface area contributed by atoms with Crippen molar-refractivity contribution in [2.45, 2.75) is 32.7 Å². The van der Waals surface area contributed by atoms with Gasteiger partial charge in [0.15, 0.2) is 0 Å². The Labute approximate surface area is 87.2 Å². The molecule has 1 unspecified atom stereocenters. The van der Waals surface area contributed by atoms with E-state index in [0.717, 1.165) is 13.1 Å². The molecule has 0 amide bonds. The molecule has 0 radical (unpaired) electrons. The van der Waals surface area contributed by atoms with E-state index in [1.54, 1.807) is 0 Å². The Morgan fingerprint density at radius 3 is 2.46 bits per heavy atom. The minimum Gasteiger partial charge on any atom is -0.329 e. The van der Waals surface area contributed by atoms with Crippen LogP contribution in [-0.4, -0.2) is 42.6 Å². The van der Waals surface area contributed by atoms with Gasteiger partial charge in [-0.2, -0.15) is 11.8 Å². The third kappa shape index (κ3) is 5.55. The van der Waals surface area contributed by atoms with E-state index < -0.39 is 0 Å². The third-order valence-corrected chi connectivity index (χ3v) is 3.00. The van der Waals surface area contributed by atoms with E-state index in [1.165, 1.54) is 25.1 Å². The van der Waals surface area contributed by atoms with Gasteiger partial charge in [-0.15, -0.1) is 0 Å². The summed E-state index contributed by atoms with van der Waals surface area (Å²) >= 11 is 1.91. The lowest BCUT2D eigenvalue weighted by atomic mass is 10.2. The molecule has 0 aliphatic rings. The molecule has 0 aromatic carbocycles. The van der Waals surface area contributed by atoms with Crippen LogP contribution in [-0.2, 0) is 0 Å². The number of likely N-dealkylation sites (N-methyl/N-ethyl adjacent to an activating group) is 1. The van der Waals surface area contributed by atoms with Crippen molar-refractivity contribution in [2.24, 2.45) is 5.73 Å². The number of nitrogens with zero attached hydrogens (tertiary/aromatic N) is 1. The van der Waals surface area contributed by atoms with Crippen LogP contribution < -0.4 is 5.73 Å². The number of hydrogen-bond donors (Lipinski definition) is 1. The highest BCUT2D eigenvalue weighted by Crippen LogP contribution is 2.07. The Morgan fingerprint density at radius 2 is 2.08 bits per heavy atom. The minimum atomic E-state index is 0.595. The Hall–Kier alpha value is 0.270. The first kappa shape index (κ1) is 13.3. The van der Waals surface area contributed by atoms with E-state index in [-0.39, 0.29) is 0 Å². The summed E-state index contributed by atoms with van der Waals surface area (Å²) in [6.45, 7) is 7.56. The zero-order valence-corrected chi connectivity index (χ0v) is 10.1. The van der Waals surface area contributed by atoms with E-state index in [9.17, 15) is 0 Å². The quantitative estimate of drug-likeness (QED) is 0.654. The lowest BCUT2D eigenvalue weighted by Crippen LogP contribution is -2.41. The van der Waals surface area contributed by atoms with Gasteiger partial charge in [0.2, 0.25) is 0 Å². The predicted molar refractivity (Wildman–Crippen MR) is 63.4 cm³/mol. The van der Waals surface area contributed by atoms with Crippen LogP contribution >= 0.6 is 11.8 Å². The fraction of sp³-hybridized carbons (Fsp3) is 1.00. The van der Waals surface area contributed by atoms with Crippen LogP contribution in [0.15, 0.2) is 0 Å². The van der Waals surface area contributed by atoms with Gasteiger partial charge in [-0.1, -0.05) is 13.8 Å². The number of nitrogens with two attached hydrogens (primary N) is 1. The van der Waals surface area contributed by atoms with Crippen LogP contribution in [0.1, 0.15) is 26.7 Å². The van der Waals surface area contributed by atoms with Crippen molar-refractivity contribution >= 4 is 11.8 Å². The summed E-state index contributed by atoms with van der Waals surface area (Å²) in [6, 6.07) is 0.595. The zero-order chi connectivity index (χ0) is 10.1. The van der Waals surface area contributed by atoms with Gasteiger partial charge in [0, 0.05) is 12.6 Å². The summed E-state index contributed by atoms with van der Waals surface area (Å²) in [5.41, 5.74) is 5.77. The SMILES string of the molecule is CCCN(CC)C(CN)CCSC. The molecule has 0 aliphatic carbocycles. The fourth-order valence-electron chi connectivity index (χ4n) is 1.59. The number of rotatable bonds is 8. The summed E-state index contributed by atoms with van der Waals surface area (Å²) in [5, 5.41) is 0. The molecule has 0 bridgehead atoms. The molecule has 0 saturated heterocycles. The predicted octanol–water partition coefficient (Wildman–Crippen LogP) is 1.80. The molecule has 0 rings (SSSR count). The van der Waals surface area contributed by atoms with E-state index in [0.29, 0.717) is 6.04 Å². The molecule has 2 N–H and O–H groups in total. The second-order valence-electron chi connectivity index (χ2n) is 3.30. The average Bonchev–Trinajstić information content (AvgIpc) is 2.17. The molecular weight excluding hydrogens is 180 g/mol. The van der Waals surface area contributed by atoms with Crippen LogP contribution in [0.4, 0.5) is 0 Å². The van der Waals surface area contributed by atoms with Crippen molar-refractivity contribution in [2.75, 3.05) is 31.6 Å². The highest BCUT2D eigenvalue weighted by molar-refractivity contribution is 7.98.